The standard InChI is InChI=1S/C30H30N2O6/c1-34-25-12-8-11-22(29(25)37-4)24-17-23(21-14-13-18-9-6-7-10-20(18)28(21)33)31-32(24)19-15-26(35-2)30(38-5)27(16-19)36-3/h6-16,24,33H,17H2,1-5H3. The summed E-state index contributed by atoms with van der Waals surface area (Å²) in [7, 11) is 7.96. The number of phenols is 1. The second kappa shape index (κ2) is 10.4. The number of nitrogens with zero attached hydrogens (tertiary/aromatic N) is 2. The van der Waals surface area contributed by atoms with E-state index in [2.05, 4.69) is 0 Å². The van der Waals surface area contributed by atoms with Crippen LogP contribution in [0, 0.1) is 0 Å². The molecule has 0 fully saturated rings. The molecule has 0 amide bonds. The maximum absolute atomic E-state index is 11.2. The molecule has 0 saturated carbocycles. The summed E-state index contributed by atoms with van der Waals surface area (Å²) in [6.07, 6.45) is 0.506. The van der Waals surface area contributed by atoms with Crippen molar-refractivity contribution in [3.8, 4) is 34.5 Å². The first-order valence-corrected chi connectivity index (χ1v) is 12.1. The van der Waals surface area contributed by atoms with Gasteiger partial charge in [-0.25, -0.2) is 0 Å². The number of aromatic hydroxyl groups is 1. The summed E-state index contributed by atoms with van der Waals surface area (Å²) in [5, 5.41) is 19.9. The average Bonchev–Trinajstić information content (AvgIpc) is 3.41. The number of hydrazone groups is 1. The first kappa shape index (κ1) is 25.1. The van der Waals surface area contributed by atoms with Crippen LogP contribution in [0.1, 0.15) is 23.6 Å². The summed E-state index contributed by atoms with van der Waals surface area (Å²) < 4.78 is 28.1. The highest BCUT2D eigenvalue weighted by atomic mass is 16.5. The van der Waals surface area contributed by atoms with Gasteiger partial charge in [0.05, 0.1) is 53.0 Å². The zero-order chi connectivity index (χ0) is 26.8. The minimum absolute atomic E-state index is 0.199. The van der Waals surface area contributed by atoms with Crippen LogP contribution in [0.2, 0.25) is 0 Å². The fourth-order valence-electron chi connectivity index (χ4n) is 5.02. The van der Waals surface area contributed by atoms with Crippen LogP contribution in [0.15, 0.2) is 71.8 Å². The smallest absolute Gasteiger partial charge is 0.203 e. The van der Waals surface area contributed by atoms with Crippen LogP contribution in [0.4, 0.5) is 5.69 Å². The van der Waals surface area contributed by atoms with Crippen LogP contribution >= 0.6 is 0 Å². The molecular weight excluding hydrogens is 484 g/mol. The predicted octanol–water partition coefficient (Wildman–Crippen LogP) is 5.94. The monoisotopic (exact) mass is 514 g/mol. The Morgan fingerprint density at radius 2 is 1.42 bits per heavy atom. The summed E-state index contributed by atoms with van der Waals surface area (Å²) in [5.74, 6) is 2.95. The van der Waals surface area contributed by atoms with Gasteiger partial charge in [-0.1, -0.05) is 42.5 Å². The van der Waals surface area contributed by atoms with Gasteiger partial charge in [0.15, 0.2) is 23.0 Å². The SMILES string of the molecule is COc1cc(N2N=C(c3ccc4ccccc4c3O)CC2c2cccc(OC)c2OC)cc(OC)c1OC. The molecular formula is C30H30N2O6. The van der Waals surface area contributed by atoms with Crippen LogP contribution in [0.5, 0.6) is 34.5 Å². The molecule has 8 heteroatoms. The van der Waals surface area contributed by atoms with Crippen LogP contribution in [-0.4, -0.2) is 46.4 Å². The van der Waals surface area contributed by atoms with Crippen LogP contribution in [-0.2, 0) is 0 Å². The Morgan fingerprint density at radius 3 is 2.08 bits per heavy atom. The average molecular weight is 515 g/mol. The van der Waals surface area contributed by atoms with Crippen molar-refractivity contribution in [2.24, 2.45) is 5.10 Å². The molecule has 1 N–H and O–H groups in total. The first-order chi connectivity index (χ1) is 18.5. The number of hydrogen-bond acceptors (Lipinski definition) is 8. The molecule has 5 rings (SSSR count). The summed E-state index contributed by atoms with van der Waals surface area (Å²) >= 11 is 0. The Hall–Kier alpha value is -4.59. The van der Waals surface area contributed by atoms with Crippen LogP contribution in [0.25, 0.3) is 10.8 Å². The lowest BCUT2D eigenvalue weighted by Gasteiger charge is -2.27. The van der Waals surface area contributed by atoms with Gasteiger partial charge in [0.25, 0.3) is 0 Å². The molecule has 4 aromatic rings. The van der Waals surface area contributed by atoms with Gasteiger partial charge in [-0.2, -0.15) is 5.10 Å². The van der Waals surface area contributed by atoms with Crippen molar-refractivity contribution in [2.75, 3.05) is 40.6 Å². The Morgan fingerprint density at radius 1 is 0.737 bits per heavy atom. The van der Waals surface area contributed by atoms with E-state index >= 15 is 0 Å². The molecule has 0 aliphatic carbocycles. The number of rotatable bonds is 8. The Balaban J connectivity index is 1.70. The van der Waals surface area contributed by atoms with E-state index in [1.54, 1.807) is 35.5 Å². The molecule has 4 aromatic carbocycles. The van der Waals surface area contributed by atoms with Crippen molar-refractivity contribution in [3.05, 3.63) is 77.9 Å². The number of fused-ring (bicyclic) bond motifs is 1. The maximum atomic E-state index is 11.2. The number of benzene rings is 4. The van der Waals surface area contributed by atoms with Crippen LogP contribution < -0.4 is 28.7 Å². The zero-order valence-corrected chi connectivity index (χ0v) is 22.0. The summed E-state index contributed by atoms with van der Waals surface area (Å²) in [6.45, 7) is 0. The fourth-order valence-corrected chi connectivity index (χ4v) is 5.02. The lowest BCUT2D eigenvalue weighted by molar-refractivity contribution is 0.324. The molecule has 0 spiro atoms. The highest BCUT2D eigenvalue weighted by Crippen LogP contribution is 2.48. The van der Waals surface area contributed by atoms with Gasteiger partial charge in [-0.15, -0.1) is 0 Å². The summed E-state index contributed by atoms with van der Waals surface area (Å²) in [4.78, 5) is 0. The van der Waals surface area contributed by atoms with Gasteiger partial charge in [0.1, 0.15) is 5.75 Å². The molecule has 196 valence electrons. The molecule has 0 aromatic heterocycles. The Kier molecular flexibility index (Phi) is 6.87. The van der Waals surface area contributed by atoms with Crippen molar-refractivity contribution >= 4 is 22.2 Å². The molecule has 1 aliphatic rings. The van der Waals surface area contributed by atoms with E-state index in [4.69, 9.17) is 28.8 Å². The number of ether oxygens (including phenoxy) is 5. The highest BCUT2D eigenvalue weighted by Gasteiger charge is 2.35. The largest absolute Gasteiger partial charge is 0.507 e. The first-order valence-electron chi connectivity index (χ1n) is 12.1. The van der Waals surface area contributed by atoms with Crippen molar-refractivity contribution in [2.45, 2.75) is 12.5 Å². The topological polar surface area (TPSA) is 82.0 Å². The molecule has 1 heterocycles. The van der Waals surface area contributed by atoms with Gasteiger partial charge in [-0.3, -0.25) is 5.01 Å². The number of hydrogen-bond donors (Lipinski definition) is 1. The third-order valence-electron chi connectivity index (χ3n) is 6.83. The van der Waals surface area contributed by atoms with Crippen molar-refractivity contribution in [1.29, 1.82) is 0 Å². The summed E-state index contributed by atoms with van der Waals surface area (Å²) in [6, 6.07) is 20.9. The lowest BCUT2D eigenvalue weighted by Crippen LogP contribution is -2.19. The van der Waals surface area contributed by atoms with E-state index in [1.165, 1.54) is 0 Å². The van der Waals surface area contributed by atoms with Gasteiger partial charge < -0.3 is 28.8 Å². The van der Waals surface area contributed by atoms with Crippen molar-refractivity contribution < 1.29 is 28.8 Å². The van der Waals surface area contributed by atoms with E-state index in [0.29, 0.717) is 40.7 Å². The van der Waals surface area contributed by atoms with E-state index in [1.807, 2.05) is 71.7 Å². The Labute approximate surface area is 221 Å². The molecule has 0 saturated heterocycles. The molecule has 0 bridgehead atoms. The highest BCUT2D eigenvalue weighted by molar-refractivity contribution is 6.09. The summed E-state index contributed by atoms with van der Waals surface area (Å²) in [5.41, 5.74) is 3.02. The van der Waals surface area contributed by atoms with Gasteiger partial charge in [-0.05, 0) is 17.5 Å². The lowest BCUT2D eigenvalue weighted by atomic mass is 9.95. The Bertz CT molecular complexity index is 1490. The second-order valence-corrected chi connectivity index (χ2v) is 8.76. The van der Waals surface area contributed by atoms with E-state index in [0.717, 1.165) is 27.7 Å². The molecule has 38 heavy (non-hydrogen) atoms. The zero-order valence-electron chi connectivity index (χ0n) is 22.0. The van der Waals surface area contributed by atoms with E-state index in [-0.39, 0.29) is 11.8 Å². The van der Waals surface area contributed by atoms with Crippen molar-refractivity contribution in [3.63, 3.8) is 0 Å². The quantitative estimate of drug-likeness (QED) is 0.311. The molecule has 1 atom stereocenters. The second-order valence-electron chi connectivity index (χ2n) is 8.76. The minimum Gasteiger partial charge on any atom is -0.507 e. The predicted molar refractivity (Wildman–Crippen MR) is 148 cm³/mol. The number of phenolic OH excluding ortho intramolecular Hbond substituents is 1. The minimum atomic E-state index is -0.274. The van der Waals surface area contributed by atoms with Crippen molar-refractivity contribution in [1.82, 2.24) is 0 Å². The number of methoxy groups -OCH3 is 5. The van der Waals surface area contributed by atoms with E-state index in [9.17, 15) is 5.11 Å². The molecule has 0 radical (unpaired) electrons. The molecule has 1 aliphatic heterocycles. The number of anilines is 1. The van der Waals surface area contributed by atoms with Gasteiger partial charge in [0, 0.05) is 35.1 Å². The normalized spacial score (nSPS) is 14.8. The molecule has 8 nitrogen and oxygen atoms in total. The van der Waals surface area contributed by atoms with Gasteiger partial charge >= 0.3 is 0 Å². The van der Waals surface area contributed by atoms with E-state index < -0.39 is 0 Å². The molecule has 1 unspecified atom stereocenters. The fraction of sp³-hybridized carbons (Fsp3) is 0.233. The maximum Gasteiger partial charge on any atom is 0.203 e. The third-order valence-corrected chi connectivity index (χ3v) is 6.83. The van der Waals surface area contributed by atoms with Crippen LogP contribution in [0.3, 0.4) is 0 Å². The van der Waals surface area contributed by atoms with Gasteiger partial charge in [0.2, 0.25) is 5.75 Å². The number of para-hydroxylation sites is 1. The third kappa shape index (κ3) is 4.18.